The van der Waals surface area contributed by atoms with E-state index in [1.165, 1.54) is 31.9 Å². The molecule has 0 aromatic rings. The Kier molecular flexibility index (Phi) is 4.18. The number of nitrogens with one attached hydrogen (secondary N) is 1. The van der Waals surface area contributed by atoms with Gasteiger partial charge in [-0.05, 0) is 33.1 Å². The fourth-order valence-corrected chi connectivity index (χ4v) is 3.02. The van der Waals surface area contributed by atoms with Crippen LogP contribution in [0.2, 0.25) is 0 Å². The van der Waals surface area contributed by atoms with E-state index in [9.17, 15) is 8.42 Å². The van der Waals surface area contributed by atoms with Crippen molar-refractivity contribution in [1.82, 2.24) is 5.32 Å². The standard InChI is InChI=1S/C11H23NO2S/c1-11(2,8-9-15(3,13)14)12-10-6-4-5-7-10/h10,12H,4-9H2,1-3H3. The summed E-state index contributed by atoms with van der Waals surface area (Å²) in [5.41, 5.74) is -0.0575. The van der Waals surface area contributed by atoms with Crippen molar-refractivity contribution in [1.29, 1.82) is 0 Å². The van der Waals surface area contributed by atoms with E-state index in [2.05, 4.69) is 19.2 Å². The third-order valence-electron chi connectivity index (χ3n) is 3.05. The minimum atomic E-state index is -2.83. The Morgan fingerprint density at radius 3 is 2.27 bits per heavy atom. The molecule has 1 aliphatic rings. The zero-order chi connectivity index (χ0) is 11.5. The second-order valence-corrected chi connectivity index (χ2v) is 7.65. The third-order valence-corrected chi connectivity index (χ3v) is 3.99. The molecule has 1 N–H and O–H groups in total. The van der Waals surface area contributed by atoms with Gasteiger partial charge in [-0.1, -0.05) is 12.8 Å². The van der Waals surface area contributed by atoms with E-state index in [1.807, 2.05) is 0 Å². The zero-order valence-electron chi connectivity index (χ0n) is 10.0. The van der Waals surface area contributed by atoms with E-state index in [0.29, 0.717) is 12.5 Å². The molecule has 0 aromatic carbocycles. The molecule has 4 heteroatoms. The van der Waals surface area contributed by atoms with Gasteiger partial charge < -0.3 is 5.32 Å². The molecule has 0 amide bonds. The Morgan fingerprint density at radius 1 is 1.27 bits per heavy atom. The molecular formula is C11H23NO2S. The van der Waals surface area contributed by atoms with Crippen molar-refractivity contribution in [2.45, 2.75) is 57.5 Å². The van der Waals surface area contributed by atoms with Crippen LogP contribution in [0.25, 0.3) is 0 Å². The Bertz CT molecular complexity index is 290. The Balaban J connectivity index is 2.37. The number of hydrogen-bond acceptors (Lipinski definition) is 3. The van der Waals surface area contributed by atoms with Gasteiger partial charge in [-0.2, -0.15) is 0 Å². The fraction of sp³-hybridized carbons (Fsp3) is 1.00. The van der Waals surface area contributed by atoms with Gasteiger partial charge in [0.05, 0.1) is 5.75 Å². The van der Waals surface area contributed by atoms with Crippen molar-refractivity contribution in [2.75, 3.05) is 12.0 Å². The van der Waals surface area contributed by atoms with Gasteiger partial charge in [-0.15, -0.1) is 0 Å². The lowest BCUT2D eigenvalue weighted by molar-refractivity contribution is 0.325. The molecule has 0 saturated heterocycles. The SMILES string of the molecule is CC(C)(CCS(C)(=O)=O)NC1CCCC1. The maximum atomic E-state index is 11.1. The van der Waals surface area contributed by atoms with Gasteiger partial charge >= 0.3 is 0 Å². The summed E-state index contributed by atoms with van der Waals surface area (Å²) in [5.74, 6) is 0.277. The van der Waals surface area contributed by atoms with Crippen LogP contribution in [0.5, 0.6) is 0 Å². The second kappa shape index (κ2) is 4.83. The van der Waals surface area contributed by atoms with Gasteiger partial charge in [0.2, 0.25) is 0 Å². The predicted molar refractivity (Wildman–Crippen MR) is 63.8 cm³/mol. The van der Waals surface area contributed by atoms with Crippen LogP contribution in [0.1, 0.15) is 46.0 Å². The van der Waals surface area contributed by atoms with E-state index in [-0.39, 0.29) is 11.3 Å². The Hall–Kier alpha value is -0.0900. The van der Waals surface area contributed by atoms with Crippen LogP contribution >= 0.6 is 0 Å². The lowest BCUT2D eigenvalue weighted by Gasteiger charge is -2.30. The smallest absolute Gasteiger partial charge is 0.147 e. The maximum absolute atomic E-state index is 11.1. The van der Waals surface area contributed by atoms with Gasteiger partial charge in [-0.25, -0.2) is 8.42 Å². The van der Waals surface area contributed by atoms with Gasteiger partial charge in [-0.3, -0.25) is 0 Å². The van der Waals surface area contributed by atoms with E-state index in [4.69, 9.17) is 0 Å². The second-order valence-electron chi connectivity index (χ2n) is 5.39. The van der Waals surface area contributed by atoms with E-state index in [1.54, 1.807) is 0 Å². The highest BCUT2D eigenvalue weighted by molar-refractivity contribution is 7.90. The minimum absolute atomic E-state index is 0.0575. The summed E-state index contributed by atoms with van der Waals surface area (Å²) < 4.78 is 22.2. The average Bonchev–Trinajstić information content (AvgIpc) is 2.52. The van der Waals surface area contributed by atoms with E-state index < -0.39 is 9.84 Å². The summed E-state index contributed by atoms with van der Waals surface area (Å²) in [7, 11) is -2.83. The molecular weight excluding hydrogens is 210 g/mol. The average molecular weight is 233 g/mol. The first-order chi connectivity index (χ1) is 6.79. The van der Waals surface area contributed by atoms with Crippen molar-refractivity contribution in [3.05, 3.63) is 0 Å². The molecule has 0 radical (unpaired) electrons. The molecule has 1 aliphatic carbocycles. The topological polar surface area (TPSA) is 46.2 Å². The van der Waals surface area contributed by atoms with E-state index in [0.717, 1.165) is 0 Å². The molecule has 0 heterocycles. The zero-order valence-corrected chi connectivity index (χ0v) is 10.9. The molecule has 0 aliphatic heterocycles. The number of hydrogen-bond donors (Lipinski definition) is 1. The number of rotatable bonds is 5. The minimum Gasteiger partial charge on any atom is -0.309 e. The first kappa shape index (κ1) is 13.0. The lowest BCUT2D eigenvalue weighted by Crippen LogP contribution is -2.45. The summed E-state index contributed by atoms with van der Waals surface area (Å²) in [6.45, 7) is 4.19. The summed E-state index contributed by atoms with van der Waals surface area (Å²) in [5, 5.41) is 3.56. The van der Waals surface area contributed by atoms with Gasteiger partial charge in [0.25, 0.3) is 0 Å². The van der Waals surface area contributed by atoms with Crippen molar-refractivity contribution in [2.24, 2.45) is 0 Å². The van der Waals surface area contributed by atoms with E-state index >= 15 is 0 Å². The Labute approximate surface area is 93.6 Å². The third kappa shape index (κ3) is 5.52. The summed E-state index contributed by atoms with van der Waals surface area (Å²) in [4.78, 5) is 0. The molecule has 15 heavy (non-hydrogen) atoms. The van der Waals surface area contributed by atoms with Crippen molar-refractivity contribution < 1.29 is 8.42 Å². The first-order valence-corrected chi connectivity index (χ1v) is 7.80. The molecule has 0 atom stereocenters. The summed E-state index contributed by atoms with van der Waals surface area (Å²) >= 11 is 0. The fourth-order valence-electron chi connectivity index (χ4n) is 2.14. The van der Waals surface area contributed by atoms with Crippen LogP contribution in [0, 0.1) is 0 Å². The molecule has 0 unspecified atom stereocenters. The van der Waals surface area contributed by atoms with Crippen LogP contribution in [0.4, 0.5) is 0 Å². The van der Waals surface area contributed by atoms with Gasteiger partial charge in [0.1, 0.15) is 9.84 Å². The predicted octanol–water partition coefficient (Wildman–Crippen LogP) is 1.73. The van der Waals surface area contributed by atoms with Crippen LogP contribution in [0.15, 0.2) is 0 Å². The van der Waals surface area contributed by atoms with Crippen molar-refractivity contribution >= 4 is 9.84 Å². The van der Waals surface area contributed by atoms with Crippen LogP contribution in [-0.2, 0) is 9.84 Å². The quantitative estimate of drug-likeness (QED) is 0.786. The molecule has 0 bridgehead atoms. The lowest BCUT2D eigenvalue weighted by atomic mass is 10.00. The van der Waals surface area contributed by atoms with Gasteiger partial charge in [0.15, 0.2) is 0 Å². The summed E-state index contributed by atoms with van der Waals surface area (Å²) in [6.07, 6.45) is 7.09. The highest BCUT2D eigenvalue weighted by atomic mass is 32.2. The first-order valence-electron chi connectivity index (χ1n) is 5.74. The molecule has 0 spiro atoms. The molecule has 0 aromatic heterocycles. The van der Waals surface area contributed by atoms with Crippen LogP contribution in [-0.4, -0.2) is 32.0 Å². The Morgan fingerprint density at radius 2 is 1.80 bits per heavy atom. The highest BCUT2D eigenvalue weighted by Crippen LogP contribution is 2.21. The normalized spacial score (nSPS) is 19.7. The number of sulfone groups is 1. The molecule has 1 saturated carbocycles. The van der Waals surface area contributed by atoms with Gasteiger partial charge in [0, 0.05) is 17.8 Å². The molecule has 90 valence electrons. The van der Waals surface area contributed by atoms with Crippen molar-refractivity contribution in [3.63, 3.8) is 0 Å². The van der Waals surface area contributed by atoms with Crippen LogP contribution in [0.3, 0.4) is 0 Å². The molecule has 3 nitrogen and oxygen atoms in total. The summed E-state index contributed by atoms with van der Waals surface area (Å²) in [6, 6.07) is 0.597. The maximum Gasteiger partial charge on any atom is 0.147 e. The van der Waals surface area contributed by atoms with Crippen molar-refractivity contribution in [3.8, 4) is 0 Å². The molecule has 1 fully saturated rings. The van der Waals surface area contributed by atoms with Crippen LogP contribution < -0.4 is 5.32 Å². The monoisotopic (exact) mass is 233 g/mol. The largest absolute Gasteiger partial charge is 0.309 e. The highest BCUT2D eigenvalue weighted by Gasteiger charge is 2.25. The molecule has 1 rings (SSSR count).